The summed E-state index contributed by atoms with van der Waals surface area (Å²) in [5, 5.41) is 6.88. The number of anilines is 1. The van der Waals surface area contributed by atoms with Crippen LogP contribution in [0.3, 0.4) is 0 Å². The van der Waals surface area contributed by atoms with E-state index in [1.54, 1.807) is 18.2 Å². The van der Waals surface area contributed by atoms with E-state index in [0.29, 0.717) is 15.7 Å². The number of hydrogen-bond acceptors (Lipinski definition) is 2. The van der Waals surface area contributed by atoms with Crippen molar-refractivity contribution in [2.24, 2.45) is 5.92 Å². The number of halogens is 2. The van der Waals surface area contributed by atoms with Crippen LogP contribution in [0, 0.1) is 5.92 Å². The lowest BCUT2D eigenvalue weighted by Crippen LogP contribution is -2.37. The molecule has 0 spiro atoms. The Morgan fingerprint density at radius 2 is 2.24 bits per heavy atom. The van der Waals surface area contributed by atoms with Crippen molar-refractivity contribution in [2.45, 2.75) is 12.8 Å². The molecule has 1 atom stereocenters. The third-order valence-corrected chi connectivity index (χ3v) is 3.70. The molecule has 0 saturated carbocycles. The molecule has 1 amide bonds. The van der Waals surface area contributed by atoms with Crippen molar-refractivity contribution in [1.82, 2.24) is 5.32 Å². The van der Waals surface area contributed by atoms with Gasteiger partial charge < -0.3 is 10.6 Å². The Morgan fingerprint density at radius 3 is 2.94 bits per heavy atom. The predicted molar refractivity (Wildman–Crippen MR) is 70.7 cm³/mol. The second-order valence-corrected chi connectivity index (χ2v) is 4.92. The summed E-state index contributed by atoms with van der Waals surface area (Å²) in [4.78, 5) is 12.0. The molecule has 0 aromatic heterocycles. The van der Waals surface area contributed by atoms with Crippen LogP contribution in [0.5, 0.6) is 0 Å². The smallest absolute Gasteiger partial charge is 0.228 e. The molecule has 0 aliphatic carbocycles. The number of hydrogen-bond donors (Lipinski definition) is 2. The third kappa shape index (κ3) is 3.12. The highest BCUT2D eigenvalue weighted by molar-refractivity contribution is 6.43. The maximum absolute atomic E-state index is 12.0. The zero-order chi connectivity index (χ0) is 12.3. The molecule has 2 N–H and O–H groups in total. The Hall–Kier alpha value is -0.770. The minimum atomic E-state index is 0.00127. The molecular weight excluding hydrogens is 259 g/mol. The molecule has 1 aromatic rings. The van der Waals surface area contributed by atoms with Gasteiger partial charge in [-0.15, -0.1) is 0 Å². The van der Waals surface area contributed by atoms with Gasteiger partial charge in [0.25, 0.3) is 0 Å². The highest BCUT2D eigenvalue weighted by atomic mass is 35.5. The third-order valence-electron chi connectivity index (χ3n) is 2.88. The van der Waals surface area contributed by atoms with Crippen molar-refractivity contribution >= 4 is 34.8 Å². The van der Waals surface area contributed by atoms with Gasteiger partial charge in [-0.05, 0) is 31.5 Å². The lowest BCUT2D eigenvalue weighted by molar-refractivity contribution is -0.120. The fourth-order valence-corrected chi connectivity index (χ4v) is 2.26. The Balaban J connectivity index is 2.04. The topological polar surface area (TPSA) is 41.1 Å². The molecule has 1 saturated heterocycles. The standard InChI is InChI=1S/C12H14Cl2N2O/c13-9-4-1-5-10(11(9)14)16-12(17)8-3-2-6-15-7-8/h1,4-5,8,15H,2-3,6-7H2,(H,16,17). The fraction of sp³-hybridized carbons (Fsp3) is 0.417. The van der Waals surface area contributed by atoms with Crippen LogP contribution < -0.4 is 10.6 Å². The Kier molecular flexibility index (Phi) is 4.26. The summed E-state index contributed by atoms with van der Waals surface area (Å²) in [7, 11) is 0. The molecule has 2 rings (SSSR count). The van der Waals surface area contributed by atoms with Crippen LogP contribution in [0.1, 0.15) is 12.8 Å². The number of amides is 1. The number of benzene rings is 1. The van der Waals surface area contributed by atoms with Crippen LogP contribution >= 0.6 is 23.2 Å². The lowest BCUT2D eigenvalue weighted by Gasteiger charge is -2.22. The fourth-order valence-electron chi connectivity index (χ4n) is 1.91. The maximum Gasteiger partial charge on any atom is 0.228 e. The number of carbonyl (C=O) groups excluding carboxylic acids is 1. The first kappa shape index (κ1) is 12.7. The van der Waals surface area contributed by atoms with Gasteiger partial charge >= 0.3 is 0 Å². The molecule has 1 aliphatic heterocycles. The second-order valence-electron chi connectivity index (χ2n) is 4.13. The molecular formula is C12H14Cl2N2O. The van der Waals surface area contributed by atoms with Crippen molar-refractivity contribution < 1.29 is 4.79 Å². The Labute approximate surface area is 110 Å². The van der Waals surface area contributed by atoms with Crippen molar-refractivity contribution in [2.75, 3.05) is 18.4 Å². The quantitative estimate of drug-likeness (QED) is 0.869. The Morgan fingerprint density at radius 1 is 1.41 bits per heavy atom. The number of carbonyl (C=O) groups is 1. The van der Waals surface area contributed by atoms with Crippen LogP contribution in [0.15, 0.2) is 18.2 Å². The van der Waals surface area contributed by atoms with Crippen LogP contribution in [0.4, 0.5) is 5.69 Å². The first-order valence-electron chi connectivity index (χ1n) is 5.64. The minimum absolute atomic E-state index is 0.00127. The number of piperidine rings is 1. The molecule has 0 radical (unpaired) electrons. The van der Waals surface area contributed by atoms with E-state index in [0.717, 1.165) is 25.9 Å². The van der Waals surface area contributed by atoms with E-state index < -0.39 is 0 Å². The van der Waals surface area contributed by atoms with E-state index in [4.69, 9.17) is 23.2 Å². The van der Waals surface area contributed by atoms with Gasteiger partial charge in [0.05, 0.1) is 21.7 Å². The van der Waals surface area contributed by atoms with Gasteiger partial charge in [0, 0.05) is 6.54 Å². The van der Waals surface area contributed by atoms with E-state index in [9.17, 15) is 4.79 Å². The van der Waals surface area contributed by atoms with Crippen LogP contribution in [0.25, 0.3) is 0 Å². The van der Waals surface area contributed by atoms with Crippen molar-refractivity contribution in [3.8, 4) is 0 Å². The zero-order valence-electron chi connectivity index (χ0n) is 9.30. The van der Waals surface area contributed by atoms with Gasteiger partial charge in [-0.1, -0.05) is 29.3 Å². The summed E-state index contributed by atoms with van der Waals surface area (Å²) in [5.41, 5.74) is 0.578. The SMILES string of the molecule is O=C(Nc1cccc(Cl)c1Cl)C1CCCNC1. The average Bonchev–Trinajstić information content (AvgIpc) is 2.36. The molecule has 1 heterocycles. The summed E-state index contributed by atoms with van der Waals surface area (Å²) in [5.74, 6) is 0.0140. The maximum atomic E-state index is 12.0. The molecule has 1 aromatic carbocycles. The van der Waals surface area contributed by atoms with Crippen molar-refractivity contribution in [1.29, 1.82) is 0 Å². The average molecular weight is 273 g/mol. The largest absolute Gasteiger partial charge is 0.324 e. The lowest BCUT2D eigenvalue weighted by atomic mass is 9.99. The highest BCUT2D eigenvalue weighted by Gasteiger charge is 2.21. The second kappa shape index (κ2) is 5.71. The van der Waals surface area contributed by atoms with Gasteiger partial charge in [-0.3, -0.25) is 4.79 Å². The monoisotopic (exact) mass is 272 g/mol. The predicted octanol–water partition coefficient (Wildman–Crippen LogP) is 2.93. The first-order valence-corrected chi connectivity index (χ1v) is 6.39. The summed E-state index contributed by atoms with van der Waals surface area (Å²) >= 11 is 11.9. The first-order chi connectivity index (χ1) is 8.18. The van der Waals surface area contributed by atoms with E-state index in [1.165, 1.54) is 0 Å². The summed E-state index contributed by atoms with van der Waals surface area (Å²) in [6.07, 6.45) is 1.94. The molecule has 92 valence electrons. The molecule has 1 aliphatic rings. The number of rotatable bonds is 2. The highest BCUT2D eigenvalue weighted by Crippen LogP contribution is 2.30. The van der Waals surface area contributed by atoms with Gasteiger partial charge in [0.1, 0.15) is 0 Å². The van der Waals surface area contributed by atoms with Crippen LogP contribution in [0.2, 0.25) is 10.0 Å². The van der Waals surface area contributed by atoms with Gasteiger partial charge in [0.2, 0.25) is 5.91 Å². The van der Waals surface area contributed by atoms with E-state index in [-0.39, 0.29) is 11.8 Å². The summed E-state index contributed by atoms with van der Waals surface area (Å²) in [6.45, 7) is 1.71. The molecule has 3 nitrogen and oxygen atoms in total. The van der Waals surface area contributed by atoms with Gasteiger partial charge in [-0.25, -0.2) is 0 Å². The van der Waals surface area contributed by atoms with Crippen molar-refractivity contribution in [3.63, 3.8) is 0 Å². The molecule has 17 heavy (non-hydrogen) atoms. The zero-order valence-corrected chi connectivity index (χ0v) is 10.8. The van der Waals surface area contributed by atoms with Crippen LogP contribution in [-0.4, -0.2) is 19.0 Å². The van der Waals surface area contributed by atoms with Gasteiger partial charge in [-0.2, -0.15) is 0 Å². The van der Waals surface area contributed by atoms with E-state index in [2.05, 4.69) is 10.6 Å². The molecule has 1 unspecified atom stereocenters. The number of nitrogens with one attached hydrogen (secondary N) is 2. The van der Waals surface area contributed by atoms with Crippen molar-refractivity contribution in [3.05, 3.63) is 28.2 Å². The Bertz CT molecular complexity index is 417. The summed E-state index contributed by atoms with van der Waals surface area (Å²) < 4.78 is 0. The van der Waals surface area contributed by atoms with Crippen LogP contribution in [-0.2, 0) is 4.79 Å². The molecule has 1 fully saturated rings. The minimum Gasteiger partial charge on any atom is -0.324 e. The van der Waals surface area contributed by atoms with E-state index in [1.807, 2.05) is 0 Å². The van der Waals surface area contributed by atoms with E-state index >= 15 is 0 Å². The normalized spacial score (nSPS) is 20.0. The van der Waals surface area contributed by atoms with Gasteiger partial charge in [0.15, 0.2) is 0 Å². The summed E-state index contributed by atoms with van der Waals surface area (Å²) in [6, 6.07) is 5.22. The molecule has 5 heteroatoms. The molecule has 0 bridgehead atoms.